The third-order valence-corrected chi connectivity index (χ3v) is 3.48. The molecule has 0 aliphatic heterocycles. The minimum absolute atomic E-state index is 0.0906. The van der Waals surface area contributed by atoms with Gasteiger partial charge in [-0.3, -0.25) is 4.79 Å². The fourth-order valence-corrected chi connectivity index (χ4v) is 2.34. The Bertz CT molecular complexity index is 668. The van der Waals surface area contributed by atoms with Crippen LogP contribution in [0.4, 0.5) is 4.39 Å². The van der Waals surface area contributed by atoms with Gasteiger partial charge in [0.25, 0.3) is 5.91 Å². The van der Waals surface area contributed by atoms with Crippen molar-refractivity contribution in [3.05, 3.63) is 63.9 Å². The predicted molar refractivity (Wildman–Crippen MR) is 85.2 cm³/mol. The second-order valence-electron chi connectivity index (χ2n) is 4.97. The van der Waals surface area contributed by atoms with E-state index >= 15 is 0 Å². The molecule has 5 heteroatoms. The van der Waals surface area contributed by atoms with Crippen molar-refractivity contribution in [2.45, 2.75) is 13.8 Å². The van der Waals surface area contributed by atoms with Crippen molar-refractivity contribution in [2.75, 3.05) is 13.2 Å². The normalized spacial score (nSPS) is 10.4. The minimum atomic E-state index is -0.639. The van der Waals surface area contributed by atoms with Crippen LogP contribution in [-0.4, -0.2) is 19.1 Å². The first kappa shape index (κ1) is 16.3. The van der Waals surface area contributed by atoms with Gasteiger partial charge in [-0.05, 0) is 37.6 Å². The molecule has 2 aromatic rings. The Hall–Kier alpha value is -2.07. The summed E-state index contributed by atoms with van der Waals surface area (Å²) in [6.07, 6.45) is 0. The summed E-state index contributed by atoms with van der Waals surface area (Å²) in [6, 6.07) is 10.0. The molecule has 0 saturated heterocycles. The second-order valence-corrected chi connectivity index (χ2v) is 5.38. The molecule has 0 fully saturated rings. The van der Waals surface area contributed by atoms with Crippen molar-refractivity contribution in [3.8, 4) is 5.75 Å². The summed E-state index contributed by atoms with van der Waals surface area (Å²) in [5.74, 6) is -0.420. The van der Waals surface area contributed by atoms with Crippen LogP contribution in [0.3, 0.4) is 0 Å². The number of carbonyl (C=O) groups is 1. The van der Waals surface area contributed by atoms with Crippen molar-refractivity contribution in [2.24, 2.45) is 0 Å². The van der Waals surface area contributed by atoms with Crippen molar-refractivity contribution >= 4 is 17.5 Å². The standard InChI is InChI=1S/C17H17ClFNO2/c1-11-6-7-15(12(2)10-11)22-9-8-20-17(21)16-13(18)4-3-5-14(16)19/h3-7,10H,8-9H2,1-2H3,(H,20,21). The van der Waals surface area contributed by atoms with E-state index in [1.165, 1.54) is 18.2 Å². The van der Waals surface area contributed by atoms with E-state index in [1.54, 1.807) is 0 Å². The van der Waals surface area contributed by atoms with Gasteiger partial charge in [-0.25, -0.2) is 4.39 Å². The molecule has 0 saturated carbocycles. The fraction of sp³-hybridized carbons (Fsp3) is 0.235. The van der Waals surface area contributed by atoms with E-state index in [0.717, 1.165) is 16.9 Å². The molecule has 0 aliphatic rings. The summed E-state index contributed by atoms with van der Waals surface area (Å²) in [5.41, 5.74) is 2.05. The molecule has 22 heavy (non-hydrogen) atoms. The van der Waals surface area contributed by atoms with Gasteiger partial charge in [0.15, 0.2) is 0 Å². The first-order chi connectivity index (χ1) is 10.5. The van der Waals surface area contributed by atoms with Crippen LogP contribution in [0.2, 0.25) is 5.02 Å². The van der Waals surface area contributed by atoms with E-state index in [-0.39, 0.29) is 17.1 Å². The zero-order valence-electron chi connectivity index (χ0n) is 12.5. The van der Waals surface area contributed by atoms with Crippen LogP contribution in [0.5, 0.6) is 5.75 Å². The number of amides is 1. The van der Waals surface area contributed by atoms with Gasteiger partial charge in [0.2, 0.25) is 0 Å². The van der Waals surface area contributed by atoms with Gasteiger partial charge < -0.3 is 10.1 Å². The zero-order chi connectivity index (χ0) is 16.1. The lowest BCUT2D eigenvalue weighted by atomic mass is 10.1. The average Bonchev–Trinajstić information content (AvgIpc) is 2.45. The molecule has 0 heterocycles. The number of hydrogen-bond acceptors (Lipinski definition) is 2. The monoisotopic (exact) mass is 321 g/mol. The third-order valence-electron chi connectivity index (χ3n) is 3.17. The lowest BCUT2D eigenvalue weighted by molar-refractivity contribution is 0.0943. The molecule has 1 amide bonds. The van der Waals surface area contributed by atoms with Gasteiger partial charge in [-0.15, -0.1) is 0 Å². The van der Waals surface area contributed by atoms with Crippen molar-refractivity contribution < 1.29 is 13.9 Å². The van der Waals surface area contributed by atoms with Gasteiger partial charge in [-0.2, -0.15) is 0 Å². The van der Waals surface area contributed by atoms with Crippen molar-refractivity contribution in [3.63, 3.8) is 0 Å². The zero-order valence-corrected chi connectivity index (χ0v) is 13.2. The Balaban J connectivity index is 1.87. The van der Waals surface area contributed by atoms with Gasteiger partial charge in [0, 0.05) is 0 Å². The highest BCUT2D eigenvalue weighted by molar-refractivity contribution is 6.33. The summed E-state index contributed by atoms with van der Waals surface area (Å²) >= 11 is 5.84. The summed E-state index contributed by atoms with van der Waals surface area (Å²) in [4.78, 5) is 11.9. The largest absolute Gasteiger partial charge is 0.491 e. The van der Waals surface area contributed by atoms with Gasteiger partial charge >= 0.3 is 0 Å². The number of rotatable bonds is 5. The Morgan fingerprint density at radius 3 is 2.73 bits per heavy atom. The molecular formula is C17H17ClFNO2. The van der Waals surface area contributed by atoms with Crippen molar-refractivity contribution in [1.29, 1.82) is 0 Å². The van der Waals surface area contributed by atoms with E-state index in [2.05, 4.69) is 5.32 Å². The molecular weight excluding hydrogens is 305 g/mol. The van der Waals surface area contributed by atoms with Crippen LogP contribution in [-0.2, 0) is 0 Å². The van der Waals surface area contributed by atoms with E-state index in [4.69, 9.17) is 16.3 Å². The molecule has 0 radical (unpaired) electrons. The Kier molecular flexibility index (Phi) is 5.39. The van der Waals surface area contributed by atoms with Crippen LogP contribution in [0.1, 0.15) is 21.5 Å². The van der Waals surface area contributed by atoms with Crippen LogP contribution in [0.15, 0.2) is 36.4 Å². The molecule has 2 aromatic carbocycles. The first-order valence-electron chi connectivity index (χ1n) is 6.91. The number of halogens is 2. The minimum Gasteiger partial charge on any atom is -0.491 e. The molecule has 0 atom stereocenters. The quantitative estimate of drug-likeness (QED) is 0.848. The summed E-state index contributed by atoms with van der Waals surface area (Å²) in [5, 5.41) is 2.68. The molecule has 0 bridgehead atoms. The highest BCUT2D eigenvalue weighted by Gasteiger charge is 2.15. The first-order valence-corrected chi connectivity index (χ1v) is 7.29. The lowest BCUT2D eigenvalue weighted by Gasteiger charge is -2.11. The van der Waals surface area contributed by atoms with Crippen LogP contribution >= 0.6 is 11.6 Å². The summed E-state index contributed by atoms with van der Waals surface area (Å²) in [7, 11) is 0. The van der Waals surface area contributed by atoms with E-state index in [9.17, 15) is 9.18 Å². The number of hydrogen-bond donors (Lipinski definition) is 1. The third kappa shape index (κ3) is 3.98. The highest BCUT2D eigenvalue weighted by Crippen LogP contribution is 2.19. The number of aryl methyl sites for hydroxylation is 2. The highest BCUT2D eigenvalue weighted by atomic mass is 35.5. The molecule has 3 nitrogen and oxygen atoms in total. The Morgan fingerprint density at radius 2 is 2.05 bits per heavy atom. The summed E-state index contributed by atoms with van der Waals surface area (Å²) in [6.45, 7) is 4.52. The molecule has 0 aromatic heterocycles. The lowest BCUT2D eigenvalue weighted by Crippen LogP contribution is -2.29. The SMILES string of the molecule is Cc1ccc(OCCNC(=O)c2c(F)cccc2Cl)c(C)c1. The fourth-order valence-electron chi connectivity index (χ4n) is 2.09. The van der Waals surface area contributed by atoms with Crippen LogP contribution in [0.25, 0.3) is 0 Å². The molecule has 0 spiro atoms. The van der Waals surface area contributed by atoms with Crippen LogP contribution in [0, 0.1) is 19.7 Å². The topological polar surface area (TPSA) is 38.3 Å². The van der Waals surface area contributed by atoms with E-state index in [1.807, 2.05) is 32.0 Å². The maximum atomic E-state index is 13.6. The molecule has 0 aliphatic carbocycles. The van der Waals surface area contributed by atoms with E-state index < -0.39 is 11.7 Å². The average molecular weight is 322 g/mol. The molecule has 1 N–H and O–H groups in total. The Labute approximate surface area is 134 Å². The molecule has 0 unspecified atom stereocenters. The predicted octanol–water partition coefficient (Wildman–Crippen LogP) is 3.90. The number of ether oxygens (including phenoxy) is 1. The maximum Gasteiger partial charge on any atom is 0.255 e. The van der Waals surface area contributed by atoms with Crippen LogP contribution < -0.4 is 10.1 Å². The second kappa shape index (κ2) is 7.27. The van der Waals surface area contributed by atoms with E-state index in [0.29, 0.717) is 6.61 Å². The summed E-state index contributed by atoms with van der Waals surface area (Å²) < 4.78 is 19.2. The van der Waals surface area contributed by atoms with Gasteiger partial charge in [0.1, 0.15) is 18.2 Å². The number of nitrogens with one attached hydrogen (secondary N) is 1. The maximum absolute atomic E-state index is 13.6. The van der Waals surface area contributed by atoms with Gasteiger partial charge in [-0.1, -0.05) is 35.4 Å². The molecule has 116 valence electrons. The Morgan fingerprint density at radius 1 is 1.27 bits per heavy atom. The smallest absolute Gasteiger partial charge is 0.255 e. The van der Waals surface area contributed by atoms with Gasteiger partial charge in [0.05, 0.1) is 17.1 Å². The number of benzene rings is 2. The molecule has 2 rings (SSSR count). The van der Waals surface area contributed by atoms with Crippen molar-refractivity contribution in [1.82, 2.24) is 5.32 Å². The number of carbonyl (C=O) groups excluding carboxylic acids is 1.